The molecule has 2 aromatic heterocycles. The van der Waals surface area contributed by atoms with Crippen LogP contribution in [0.5, 0.6) is 5.75 Å². The van der Waals surface area contributed by atoms with Crippen molar-refractivity contribution in [3.05, 3.63) is 67.1 Å². The summed E-state index contributed by atoms with van der Waals surface area (Å²) in [6, 6.07) is 11.0. The monoisotopic (exact) mass is 297 g/mol. The third-order valence-electron chi connectivity index (χ3n) is 3.05. The van der Waals surface area contributed by atoms with E-state index in [2.05, 4.69) is 10.3 Å². The van der Waals surface area contributed by atoms with Gasteiger partial charge in [-0.25, -0.2) is 4.98 Å². The first-order valence-electron chi connectivity index (χ1n) is 6.81. The zero-order chi connectivity index (χ0) is 15.2. The Kier molecular flexibility index (Phi) is 4.20. The molecule has 0 radical (unpaired) electrons. The second kappa shape index (κ2) is 6.62. The average Bonchev–Trinajstić information content (AvgIpc) is 3.24. The summed E-state index contributed by atoms with van der Waals surface area (Å²) in [5, 5.41) is 2.72. The fraction of sp³-hybridized carbons (Fsp3) is 0.125. The molecule has 1 aromatic carbocycles. The molecule has 0 bridgehead atoms. The minimum Gasteiger partial charge on any atom is -0.484 e. The van der Waals surface area contributed by atoms with Crippen LogP contribution in [0.2, 0.25) is 0 Å². The van der Waals surface area contributed by atoms with Gasteiger partial charge in [-0.3, -0.25) is 4.79 Å². The van der Waals surface area contributed by atoms with E-state index >= 15 is 0 Å². The standard InChI is InChI=1S/C16H15N3O3/c20-16(18-10-15-2-1-9-21-15)11-22-14-5-3-13(4-6-14)19-8-7-17-12-19/h1-9,12H,10-11H2,(H,18,20). The first kappa shape index (κ1) is 13.9. The molecule has 2 heterocycles. The van der Waals surface area contributed by atoms with Crippen LogP contribution in [0, 0.1) is 0 Å². The molecular weight excluding hydrogens is 282 g/mol. The molecule has 112 valence electrons. The van der Waals surface area contributed by atoms with E-state index in [1.807, 2.05) is 35.0 Å². The van der Waals surface area contributed by atoms with E-state index in [-0.39, 0.29) is 12.5 Å². The fourth-order valence-electron chi connectivity index (χ4n) is 1.93. The lowest BCUT2D eigenvalue weighted by atomic mass is 10.3. The van der Waals surface area contributed by atoms with Gasteiger partial charge in [0.15, 0.2) is 6.61 Å². The molecule has 3 rings (SSSR count). The molecule has 0 unspecified atom stereocenters. The number of hydrogen-bond acceptors (Lipinski definition) is 4. The number of imidazole rings is 1. The Labute approximate surface area is 127 Å². The van der Waals surface area contributed by atoms with Gasteiger partial charge in [0.05, 0.1) is 19.1 Å². The van der Waals surface area contributed by atoms with Crippen LogP contribution >= 0.6 is 0 Å². The second-order valence-electron chi connectivity index (χ2n) is 4.61. The first-order chi connectivity index (χ1) is 10.8. The number of nitrogens with one attached hydrogen (secondary N) is 1. The van der Waals surface area contributed by atoms with Crippen LogP contribution in [0.3, 0.4) is 0 Å². The van der Waals surface area contributed by atoms with E-state index in [4.69, 9.17) is 9.15 Å². The van der Waals surface area contributed by atoms with E-state index < -0.39 is 0 Å². The lowest BCUT2D eigenvalue weighted by Crippen LogP contribution is -2.28. The Bertz CT molecular complexity index is 704. The van der Waals surface area contributed by atoms with Crippen molar-refractivity contribution in [3.63, 3.8) is 0 Å². The van der Waals surface area contributed by atoms with Crippen molar-refractivity contribution >= 4 is 5.91 Å². The van der Waals surface area contributed by atoms with Crippen molar-refractivity contribution in [2.45, 2.75) is 6.54 Å². The number of nitrogens with zero attached hydrogens (tertiary/aromatic N) is 2. The smallest absolute Gasteiger partial charge is 0.258 e. The number of ether oxygens (including phenoxy) is 1. The van der Waals surface area contributed by atoms with Gasteiger partial charge in [0.2, 0.25) is 0 Å². The number of hydrogen-bond donors (Lipinski definition) is 1. The van der Waals surface area contributed by atoms with Crippen LogP contribution in [-0.2, 0) is 11.3 Å². The van der Waals surface area contributed by atoms with E-state index in [1.54, 1.807) is 30.9 Å². The first-order valence-corrected chi connectivity index (χ1v) is 6.81. The van der Waals surface area contributed by atoms with Crippen molar-refractivity contribution in [2.75, 3.05) is 6.61 Å². The van der Waals surface area contributed by atoms with Gasteiger partial charge < -0.3 is 19.0 Å². The topological polar surface area (TPSA) is 69.3 Å². The summed E-state index contributed by atoms with van der Waals surface area (Å²) in [5.74, 6) is 1.14. The van der Waals surface area contributed by atoms with Crippen LogP contribution < -0.4 is 10.1 Å². The van der Waals surface area contributed by atoms with E-state index in [9.17, 15) is 4.79 Å². The molecule has 3 aromatic rings. The van der Waals surface area contributed by atoms with Crippen LogP contribution in [0.25, 0.3) is 5.69 Å². The maximum Gasteiger partial charge on any atom is 0.258 e. The highest BCUT2D eigenvalue weighted by Crippen LogP contribution is 2.14. The lowest BCUT2D eigenvalue weighted by molar-refractivity contribution is -0.123. The van der Waals surface area contributed by atoms with Crippen molar-refractivity contribution < 1.29 is 13.9 Å². The van der Waals surface area contributed by atoms with Crippen LogP contribution in [0.4, 0.5) is 0 Å². The molecule has 0 spiro atoms. The number of benzene rings is 1. The summed E-state index contributed by atoms with van der Waals surface area (Å²) in [5.41, 5.74) is 0.979. The number of amides is 1. The van der Waals surface area contributed by atoms with Crippen molar-refractivity contribution in [1.82, 2.24) is 14.9 Å². The number of carbonyl (C=O) groups excluding carboxylic acids is 1. The van der Waals surface area contributed by atoms with Crippen molar-refractivity contribution in [3.8, 4) is 11.4 Å². The minimum atomic E-state index is -0.199. The molecule has 6 heteroatoms. The third kappa shape index (κ3) is 3.54. The van der Waals surface area contributed by atoms with Gasteiger partial charge in [0.25, 0.3) is 5.91 Å². The zero-order valence-corrected chi connectivity index (χ0v) is 11.8. The summed E-state index contributed by atoms with van der Waals surface area (Å²) in [6.07, 6.45) is 6.86. The molecule has 6 nitrogen and oxygen atoms in total. The lowest BCUT2D eigenvalue weighted by Gasteiger charge is -2.08. The Morgan fingerprint density at radius 2 is 2.14 bits per heavy atom. The van der Waals surface area contributed by atoms with Gasteiger partial charge in [0, 0.05) is 18.1 Å². The number of carbonyl (C=O) groups is 1. The molecule has 0 aliphatic carbocycles. The highest BCUT2D eigenvalue weighted by atomic mass is 16.5. The molecule has 0 saturated carbocycles. The Morgan fingerprint density at radius 3 is 2.82 bits per heavy atom. The fourth-order valence-corrected chi connectivity index (χ4v) is 1.93. The zero-order valence-electron chi connectivity index (χ0n) is 11.8. The molecule has 0 atom stereocenters. The third-order valence-corrected chi connectivity index (χ3v) is 3.05. The number of furan rings is 1. The Hall–Kier alpha value is -3.02. The molecule has 0 fully saturated rings. The van der Waals surface area contributed by atoms with Gasteiger partial charge in [0.1, 0.15) is 11.5 Å². The Morgan fingerprint density at radius 1 is 1.27 bits per heavy atom. The number of rotatable bonds is 6. The SMILES string of the molecule is O=C(COc1ccc(-n2ccnc2)cc1)NCc1ccco1. The average molecular weight is 297 g/mol. The molecular formula is C16H15N3O3. The molecule has 22 heavy (non-hydrogen) atoms. The predicted octanol–water partition coefficient (Wildman–Crippen LogP) is 2.16. The second-order valence-corrected chi connectivity index (χ2v) is 4.61. The molecule has 1 N–H and O–H groups in total. The summed E-state index contributed by atoms with van der Waals surface area (Å²) >= 11 is 0. The highest BCUT2D eigenvalue weighted by Gasteiger charge is 2.04. The van der Waals surface area contributed by atoms with Crippen molar-refractivity contribution in [2.24, 2.45) is 0 Å². The van der Waals surface area contributed by atoms with Gasteiger partial charge >= 0.3 is 0 Å². The Balaban J connectivity index is 1.48. The summed E-state index contributed by atoms with van der Waals surface area (Å²) in [4.78, 5) is 15.7. The minimum absolute atomic E-state index is 0.0366. The number of aromatic nitrogens is 2. The molecule has 0 aliphatic rings. The largest absolute Gasteiger partial charge is 0.484 e. The summed E-state index contributed by atoms with van der Waals surface area (Å²) in [7, 11) is 0. The quantitative estimate of drug-likeness (QED) is 0.757. The maximum absolute atomic E-state index is 11.7. The van der Waals surface area contributed by atoms with Gasteiger partial charge in [-0.15, -0.1) is 0 Å². The van der Waals surface area contributed by atoms with Crippen LogP contribution in [0.1, 0.15) is 5.76 Å². The molecule has 0 saturated heterocycles. The van der Waals surface area contributed by atoms with Crippen LogP contribution in [0.15, 0.2) is 65.8 Å². The summed E-state index contributed by atoms with van der Waals surface area (Å²) < 4.78 is 12.5. The van der Waals surface area contributed by atoms with Gasteiger partial charge in [-0.1, -0.05) is 0 Å². The summed E-state index contributed by atoms with van der Waals surface area (Å²) in [6.45, 7) is 0.319. The van der Waals surface area contributed by atoms with Crippen molar-refractivity contribution in [1.29, 1.82) is 0 Å². The predicted molar refractivity (Wildman–Crippen MR) is 79.6 cm³/mol. The highest BCUT2D eigenvalue weighted by molar-refractivity contribution is 5.77. The van der Waals surface area contributed by atoms with E-state index in [1.165, 1.54) is 0 Å². The van der Waals surface area contributed by atoms with E-state index in [0.29, 0.717) is 18.1 Å². The van der Waals surface area contributed by atoms with Gasteiger partial charge in [-0.05, 0) is 36.4 Å². The van der Waals surface area contributed by atoms with E-state index in [0.717, 1.165) is 5.69 Å². The maximum atomic E-state index is 11.7. The molecule has 0 aliphatic heterocycles. The molecule has 1 amide bonds. The van der Waals surface area contributed by atoms with Crippen LogP contribution in [-0.4, -0.2) is 22.1 Å². The normalized spacial score (nSPS) is 10.4. The van der Waals surface area contributed by atoms with Gasteiger partial charge in [-0.2, -0.15) is 0 Å².